The summed E-state index contributed by atoms with van der Waals surface area (Å²) >= 11 is 0. The molecule has 1 rings (SSSR count). The molecule has 0 amide bonds. The molecule has 2 atom stereocenters. The van der Waals surface area contributed by atoms with Crippen LogP contribution >= 0.6 is 0 Å². The first kappa shape index (κ1) is 13.4. The second-order valence-electron chi connectivity index (χ2n) is 4.54. The lowest BCUT2D eigenvalue weighted by Gasteiger charge is -2.15. The smallest absolute Gasteiger partial charge is 0.310 e. The van der Waals surface area contributed by atoms with Crippen LogP contribution in [0, 0.1) is 5.92 Å². The third-order valence-electron chi connectivity index (χ3n) is 2.75. The van der Waals surface area contributed by atoms with E-state index in [0.29, 0.717) is 19.7 Å². The molecule has 5 heteroatoms. The monoisotopic (exact) mass is 231 g/mol. The molecule has 0 radical (unpaired) electrons. The van der Waals surface area contributed by atoms with Gasteiger partial charge in [0.15, 0.2) is 0 Å². The number of carboxylic acid groups (broad SMARTS) is 1. The molecule has 1 saturated heterocycles. The molecule has 1 aliphatic heterocycles. The van der Waals surface area contributed by atoms with Gasteiger partial charge in [0, 0.05) is 26.2 Å². The Morgan fingerprint density at radius 1 is 1.50 bits per heavy atom. The van der Waals surface area contributed by atoms with Gasteiger partial charge in [-0.25, -0.2) is 0 Å². The van der Waals surface area contributed by atoms with Gasteiger partial charge in [-0.15, -0.1) is 0 Å². The summed E-state index contributed by atoms with van der Waals surface area (Å²) in [6, 6.07) is 0. The van der Waals surface area contributed by atoms with Crippen LogP contribution in [-0.2, 0) is 9.53 Å². The van der Waals surface area contributed by atoms with Crippen LogP contribution in [0.15, 0.2) is 0 Å². The molecule has 0 aromatic rings. The van der Waals surface area contributed by atoms with Crippen LogP contribution in [0.5, 0.6) is 0 Å². The Bertz CT molecular complexity index is 232. The highest BCUT2D eigenvalue weighted by Gasteiger charge is 2.35. The molecule has 1 aliphatic rings. The molecule has 1 fully saturated rings. The summed E-state index contributed by atoms with van der Waals surface area (Å²) in [6.45, 7) is 6.34. The van der Waals surface area contributed by atoms with Crippen molar-refractivity contribution in [1.82, 2.24) is 4.90 Å². The fourth-order valence-corrected chi connectivity index (χ4v) is 1.90. The Morgan fingerprint density at radius 3 is 2.69 bits per heavy atom. The molecule has 0 spiro atoms. The second-order valence-corrected chi connectivity index (χ2v) is 4.54. The molecule has 94 valence electrons. The summed E-state index contributed by atoms with van der Waals surface area (Å²) in [6.07, 6.45) is 0.372. The highest BCUT2D eigenvalue weighted by molar-refractivity contribution is 5.71. The minimum atomic E-state index is -0.909. The molecular weight excluding hydrogens is 210 g/mol. The molecule has 0 aliphatic carbocycles. The Labute approximate surface area is 96.0 Å². The maximum Gasteiger partial charge on any atom is 0.310 e. The van der Waals surface area contributed by atoms with Crippen LogP contribution < -0.4 is 0 Å². The first-order valence-corrected chi connectivity index (χ1v) is 5.75. The summed E-state index contributed by atoms with van der Waals surface area (Å²) in [5.41, 5.74) is 0. The zero-order valence-corrected chi connectivity index (χ0v) is 9.93. The number of aliphatic hydroxyl groups is 1. The minimum Gasteiger partial charge on any atom is -0.481 e. The number of carboxylic acids is 1. The van der Waals surface area contributed by atoms with Gasteiger partial charge in [0.2, 0.25) is 0 Å². The third-order valence-corrected chi connectivity index (χ3v) is 2.75. The van der Waals surface area contributed by atoms with Gasteiger partial charge in [-0.2, -0.15) is 0 Å². The van der Waals surface area contributed by atoms with E-state index in [4.69, 9.17) is 9.84 Å². The molecule has 2 unspecified atom stereocenters. The number of rotatable bonds is 6. The van der Waals surface area contributed by atoms with Crippen LogP contribution in [0.3, 0.4) is 0 Å². The van der Waals surface area contributed by atoms with E-state index in [0.717, 1.165) is 13.0 Å². The van der Waals surface area contributed by atoms with Crippen LogP contribution in [0.2, 0.25) is 0 Å². The van der Waals surface area contributed by atoms with Crippen LogP contribution in [0.4, 0.5) is 0 Å². The van der Waals surface area contributed by atoms with Crippen molar-refractivity contribution in [2.45, 2.75) is 32.5 Å². The molecular formula is C11H21NO4. The summed E-state index contributed by atoms with van der Waals surface area (Å²) < 4.78 is 5.40. The maximum atomic E-state index is 10.8. The van der Waals surface area contributed by atoms with Crippen molar-refractivity contribution in [2.75, 3.05) is 26.2 Å². The van der Waals surface area contributed by atoms with Gasteiger partial charge in [-0.3, -0.25) is 9.69 Å². The lowest BCUT2D eigenvalue weighted by Crippen LogP contribution is -2.26. The number of aliphatic hydroxyl groups excluding tert-OH is 1. The fraction of sp³-hybridized carbons (Fsp3) is 0.909. The van der Waals surface area contributed by atoms with Crippen molar-refractivity contribution in [1.29, 1.82) is 0 Å². The lowest BCUT2D eigenvalue weighted by molar-refractivity contribution is -0.143. The van der Waals surface area contributed by atoms with Gasteiger partial charge in [-0.1, -0.05) is 0 Å². The maximum absolute atomic E-state index is 10.8. The molecule has 0 bridgehead atoms. The van der Waals surface area contributed by atoms with Gasteiger partial charge in [0.05, 0.1) is 18.1 Å². The van der Waals surface area contributed by atoms with E-state index < -0.39 is 18.0 Å². The number of likely N-dealkylation sites (tertiary alicyclic amines) is 1. The number of ether oxygens (including phenoxy) is 1. The summed E-state index contributed by atoms with van der Waals surface area (Å²) in [4.78, 5) is 12.7. The summed E-state index contributed by atoms with van der Waals surface area (Å²) in [5, 5.41) is 18.4. The van der Waals surface area contributed by atoms with E-state index in [1.807, 2.05) is 18.7 Å². The topological polar surface area (TPSA) is 70.0 Å². The van der Waals surface area contributed by atoms with Gasteiger partial charge >= 0.3 is 5.97 Å². The molecule has 2 N–H and O–H groups in total. The van der Waals surface area contributed by atoms with Gasteiger partial charge in [0.25, 0.3) is 0 Å². The molecule has 1 heterocycles. The van der Waals surface area contributed by atoms with E-state index in [2.05, 4.69) is 0 Å². The fourth-order valence-electron chi connectivity index (χ4n) is 1.90. The van der Waals surface area contributed by atoms with Crippen LogP contribution in [-0.4, -0.2) is 59.5 Å². The Kier molecular flexibility index (Phi) is 5.18. The number of hydrogen-bond donors (Lipinski definition) is 2. The molecule has 16 heavy (non-hydrogen) atoms. The van der Waals surface area contributed by atoms with Crippen LogP contribution in [0.25, 0.3) is 0 Å². The van der Waals surface area contributed by atoms with E-state index in [9.17, 15) is 9.90 Å². The number of aliphatic carboxylic acids is 1. The minimum absolute atomic E-state index is 0.232. The summed E-state index contributed by atoms with van der Waals surface area (Å²) in [7, 11) is 0. The van der Waals surface area contributed by atoms with E-state index in [-0.39, 0.29) is 6.10 Å². The number of hydrogen-bond acceptors (Lipinski definition) is 4. The number of β-amino-alcohol motifs (C(OH)–C–C–N with tert-alkyl or cyclic N) is 1. The van der Waals surface area contributed by atoms with E-state index >= 15 is 0 Å². The first-order valence-electron chi connectivity index (χ1n) is 5.75. The quantitative estimate of drug-likeness (QED) is 0.638. The van der Waals surface area contributed by atoms with E-state index in [1.165, 1.54) is 0 Å². The predicted molar refractivity (Wildman–Crippen MR) is 59.3 cm³/mol. The molecule has 0 aromatic heterocycles. The second kappa shape index (κ2) is 6.18. The molecule has 0 saturated carbocycles. The predicted octanol–water partition coefficient (Wildman–Crippen LogP) is 0.179. The average molecular weight is 231 g/mol. The Morgan fingerprint density at radius 2 is 2.19 bits per heavy atom. The highest BCUT2D eigenvalue weighted by atomic mass is 16.5. The van der Waals surface area contributed by atoms with E-state index in [1.54, 1.807) is 0 Å². The van der Waals surface area contributed by atoms with Crippen molar-refractivity contribution >= 4 is 5.97 Å². The number of nitrogens with zero attached hydrogens (tertiary/aromatic N) is 1. The van der Waals surface area contributed by atoms with Crippen molar-refractivity contribution < 1.29 is 19.7 Å². The van der Waals surface area contributed by atoms with Gasteiger partial charge in [0.1, 0.15) is 0 Å². The first-order chi connectivity index (χ1) is 7.50. The van der Waals surface area contributed by atoms with Crippen LogP contribution in [0.1, 0.15) is 20.3 Å². The zero-order valence-electron chi connectivity index (χ0n) is 9.93. The van der Waals surface area contributed by atoms with Crippen molar-refractivity contribution in [3.8, 4) is 0 Å². The zero-order chi connectivity index (χ0) is 12.1. The number of carbonyl (C=O) groups is 1. The normalized spacial score (nSPS) is 26.5. The Balaban J connectivity index is 2.18. The highest BCUT2D eigenvalue weighted by Crippen LogP contribution is 2.17. The standard InChI is InChI=1S/C11H21NO4/c1-8(2)16-5-3-4-12-6-9(11(14)15)10(13)7-12/h8-10,13H,3-7H2,1-2H3,(H,14,15). The Hall–Kier alpha value is -0.650. The van der Waals surface area contributed by atoms with Crippen molar-refractivity contribution in [3.63, 3.8) is 0 Å². The molecule has 5 nitrogen and oxygen atoms in total. The van der Waals surface area contributed by atoms with Crippen molar-refractivity contribution in [3.05, 3.63) is 0 Å². The average Bonchev–Trinajstić information content (AvgIpc) is 2.54. The largest absolute Gasteiger partial charge is 0.481 e. The third kappa shape index (κ3) is 4.08. The van der Waals surface area contributed by atoms with Gasteiger partial charge < -0.3 is 14.9 Å². The lowest BCUT2D eigenvalue weighted by atomic mass is 10.1. The SMILES string of the molecule is CC(C)OCCCN1CC(O)C(C(=O)O)C1. The summed E-state index contributed by atoms with van der Waals surface area (Å²) in [5.74, 6) is -1.54. The van der Waals surface area contributed by atoms with Crippen molar-refractivity contribution in [2.24, 2.45) is 5.92 Å². The van der Waals surface area contributed by atoms with Gasteiger partial charge in [-0.05, 0) is 20.3 Å². The molecule has 0 aromatic carbocycles.